The second-order valence-corrected chi connectivity index (χ2v) is 8.97. The second kappa shape index (κ2) is 13.1. The van der Waals surface area contributed by atoms with E-state index in [-0.39, 0.29) is 11.6 Å². The third-order valence-corrected chi connectivity index (χ3v) is 6.20. The maximum absolute atomic E-state index is 12.8. The van der Waals surface area contributed by atoms with E-state index in [9.17, 15) is 9.59 Å². The summed E-state index contributed by atoms with van der Waals surface area (Å²) in [7, 11) is 1.53. The molecule has 0 atom stereocenters. The molecule has 11 heteroatoms. The molecule has 2 aromatic carbocycles. The van der Waals surface area contributed by atoms with E-state index in [1.165, 1.54) is 19.3 Å². The molecule has 4 rings (SSSR count). The number of aromatic nitrogens is 1. The van der Waals surface area contributed by atoms with Crippen LogP contribution in [-0.2, 0) is 4.74 Å². The highest BCUT2D eigenvalue weighted by molar-refractivity contribution is 6.31. The number of benzene rings is 2. The van der Waals surface area contributed by atoms with Crippen LogP contribution in [0, 0.1) is 6.92 Å². The average molecular weight is 540 g/mol. The molecule has 0 bridgehead atoms. The first-order valence-electron chi connectivity index (χ1n) is 12.2. The lowest BCUT2D eigenvalue weighted by atomic mass is 10.2. The number of urea groups is 1. The van der Waals surface area contributed by atoms with Crippen LogP contribution >= 0.6 is 11.6 Å². The molecule has 3 aromatic rings. The molecule has 10 nitrogen and oxygen atoms in total. The number of hydrogen-bond donors (Lipinski definition) is 3. The quantitative estimate of drug-likeness (QED) is 0.365. The fourth-order valence-electron chi connectivity index (χ4n) is 3.77. The van der Waals surface area contributed by atoms with Crippen molar-refractivity contribution in [2.24, 2.45) is 0 Å². The van der Waals surface area contributed by atoms with Gasteiger partial charge in [0.25, 0.3) is 5.91 Å². The van der Waals surface area contributed by atoms with Crippen molar-refractivity contribution in [1.82, 2.24) is 15.2 Å². The summed E-state index contributed by atoms with van der Waals surface area (Å²) >= 11 is 6.32. The van der Waals surface area contributed by atoms with Gasteiger partial charge in [-0.3, -0.25) is 14.7 Å². The molecule has 1 aliphatic heterocycles. The number of ether oxygens (including phenoxy) is 3. The van der Waals surface area contributed by atoms with E-state index in [1.807, 2.05) is 6.92 Å². The van der Waals surface area contributed by atoms with Gasteiger partial charge < -0.3 is 30.2 Å². The topological polar surface area (TPSA) is 114 Å². The van der Waals surface area contributed by atoms with Crippen LogP contribution in [0.5, 0.6) is 17.2 Å². The highest BCUT2D eigenvalue weighted by Gasteiger charge is 2.14. The number of pyridine rings is 1. The normalized spacial score (nSPS) is 13.4. The van der Waals surface area contributed by atoms with Crippen LogP contribution in [0.3, 0.4) is 0 Å². The standard InChI is InChI=1S/C27H30ClN5O5/c1-18-14-23(25(17-22(18)28)37-13-10-33-8-11-36-12-9-33)32-27(35)31-19-4-3-5-20(15-19)38-21-6-7-30-24(16-21)26(34)29-2/h3-7,14-17H,8-13H2,1-2H3,(H,29,34)(H2,31,32,35). The molecule has 0 radical (unpaired) electrons. The molecule has 0 spiro atoms. The summed E-state index contributed by atoms with van der Waals surface area (Å²) in [5.74, 6) is 1.09. The van der Waals surface area contributed by atoms with Crippen molar-refractivity contribution in [3.8, 4) is 17.2 Å². The van der Waals surface area contributed by atoms with Gasteiger partial charge in [-0.15, -0.1) is 0 Å². The molecular weight excluding hydrogens is 510 g/mol. The van der Waals surface area contributed by atoms with Crippen molar-refractivity contribution < 1.29 is 23.8 Å². The van der Waals surface area contributed by atoms with Gasteiger partial charge in [-0.2, -0.15) is 0 Å². The molecule has 2 heterocycles. The Bertz CT molecular complexity index is 1280. The van der Waals surface area contributed by atoms with Gasteiger partial charge in [-0.05, 0) is 36.8 Å². The van der Waals surface area contributed by atoms with E-state index in [1.54, 1.807) is 42.5 Å². The van der Waals surface area contributed by atoms with Gasteiger partial charge in [0.15, 0.2) is 0 Å². The van der Waals surface area contributed by atoms with Crippen LogP contribution in [0.25, 0.3) is 0 Å². The number of amides is 3. The van der Waals surface area contributed by atoms with Gasteiger partial charge in [0.05, 0.1) is 18.9 Å². The Balaban J connectivity index is 1.39. The van der Waals surface area contributed by atoms with Gasteiger partial charge in [0.1, 0.15) is 29.5 Å². The lowest BCUT2D eigenvalue weighted by molar-refractivity contribution is 0.0323. The number of carbonyl (C=O) groups excluding carboxylic acids is 2. The zero-order chi connectivity index (χ0) is 26.9. The van der Waals surface area contributed by atoms with Crippen molar-refractivity contribution in [3.63, 3.8) is 0 Å². The minimum atomic E-state index is -0.451. The predicted molar refractivity (Wildman–Crippen MR) is 146 cm³/mol. The highest BCUT2D eigenvalue weighted by atomic mass is 35.5. The number of halogens is 1. The van der Waals surface area contributed by atoms with Crippen LogP contribution in [-0.4, -0.2) is 68.3 Å². The number of morpholine rings is 1. The zero-order valence-electron chi connectivity index (χ0n) is 21.3. The van der Waals surface area contributed by atoms with Crippen LogP contribution in [0.15, 0.2) is 54.7 Å². The van der Waals surface area contributed by atoms with E-state index in [2.05, 4.69) is 25.8 Å². The molecule has 0 saturated carbocycles. The number of aryl methyl sites for hydroxylation is 1. The average Bonchev–Trinajstić information content (AvgIpc) is 2.92. The summed E-state index contributed by atoms with van der Waals surface area (Å²) in [6.45, 7) is 6.22. The Labute approximate surface area is 226 Å². The molecule has 1 aliphatic rings. The first-order valence-corrected chi connectivity index (χ1v) is 12.6. The summed E-state index contributed by atoms with van der Waals surface area (Å²) in [4.78, 5) is 31.0. The Kier molecular flexibility index (Phi) is 9.36. The highest BCUT2D eigenvalue weighted by Crippen LogP contribution is 2.32. The van der Waals surface area contributed by atoms with Crippen molar-refractivity contribution >= 4 is 34.9 Å². The van der Waals surface area contributed by atoms with E-state index < -0.39 is 6.03 Å². The van der Waals surface area contributed by atoms with Gasteiger partial charge in [-0.1, -0.05) is 17.7 Å². The minimum absolute atomic E-state index is 0.236. The SMILES string of the molecule is CNC(=O)c1cc(Oc2cccc(NC(=O)Nc3cc(C)c(Cl)cc3OCCN3CCOCC3)c2)ccn1. The number of anilines is 2. The predicted octanol–water partition coefficient (Wildman–Crippen LogP) is 4.55. The van der Waals surface area contributed by atoms with Crippen LogP contribution in [0.1, 0.15) is 16.1 Å². The van der Waals surface area contributed by atoms with Gasteiger partial charge in [0.2, 0.25) is 0 Å². The minimum Gasteiger partial charge on any atom is -0.490 e. The number of hydrogen-bond acceptors (Lipinski definition) is 7. The maximum Gasteiger partial charge on any atom is 0.323 e. The molecule has 1 aromatic heterocycles. The number of nitrogens with zero attached hydrogens (tertiary/aromatic N) is 2. The summed E-state index contributed by atoms with van der Waals surface area (Å²) in [5.41, 5.74) is 2.07. The molecule has 1 saturated heterocycles. The third kappa shape index (κ3) is 7.58. The van der Waals surface area contributed by atoms with Crippen molar-refractivity contribution in [2.45, 2.75) is 6.92 Å². The molecular formula is C27H30ClN5O5. The molecule has 0 unspecified atom stereocenters. The largest absolute Gasteiger partial charge is 0.490 e. The molecule has 38 heavy (non-hydrogen) atoms. The van der Waals surface area contributed by atoms with Crippen LogP contribution in [0.4, 0.5) is 16.2 Å². The van der Waals surface area contributed by atoms with Crippen molar-refractivity contribution in [2.75, 3.05) is 57.1 Å². The Hall–Kier alpha value is -3.86. The smallest absolute Gasteiger partial charge is 0.323 e. The van der Waals surface area contributed by atoms with E-state index in [0.29, 0.717) is 40.3 Å². The van der Waals surface area contributed by atoms with E-state index in [0.717, 1.165) is 38.4 Å². The molecule has 3 N–H and O–H groups in total. The fraction of sp³-hybridized carbons (Fsp3) is 0.296. The first kappa shape index (κ1) is 27.2. The molecule has 200 valence electrons. The van der Waals surface area contributed by atoms with Crippen LogP contribution < -0.4 is 25.4 Å². The summed E-state index contributed by atoms with van der Waals surface area (Å²) < 4.78 is 17.2. The summed E-state index contributed by atoms with van der Waals surface area (Å²) in [6, 6.07) is 13.1. The number of nitrogens with one attached hydrogen (secondary N) is 3. The molecule has 1 fully saturated rings. The lowest BCUT2D eigenvalue weighted by Gasteiger charge is -2.26. The van der Waals surface area contributed by atoms with E-state index in [4.69, 9.17) is 25.8 Å². The van der Waals surface area contributed by atoms with Gasteiger partial charge >= 0.3 is 6.03 Å². The van der Waals surface area contributed by atoms with Crippen molar-refractivity contribution in [3.05, 3.63) is 71.0 Å². The number of rotatable bonds is 9. The lowest BCUT2D eigenvalue weighted by Crippen LogP contribution is -2.38. The maximum atomic E-state index is 12.8. The summed E-state index contributed by atoms with van der Waals surface area (Å²) in [5, 5.41) is 8.74. The molecule has 0 aliphatic carbocycles. The molecule has 3 amide bonds. The van der Waals surface area contributed by atoms with Gasteiger partial charge in [0, 0.05) is 61.8 Å². The van der Waals surface area contributed by atoms with E-state index >= 15 is 0 Å². The third-order valence-electron chi connectivity index (χ3n) is 5.80. The Morgan fingerprint density at radius 1 is 1.08 bits per heavy atom. The number of carbonyl (C=O) groups is 2. The second-order valence-electron chi connectivity index (χ2n) is 8.56. The Morgan fingerprint density at radius 2 is 1.87 bits per heavy atom. The van der Waals surface area contributed by atoms with Gasteiger partial charge in [-0.25, -0.2) is 4.79 Å². The first-order chi connectivity index (χ1) is 18.4. The Morgan fingerprint density at radius 3 is 2.66 bits per heavy atom. The summed E-state index contributed by atoms with van der Waals surface area (Å²) in [6.07, 6.45) is 1.49. The van der Waals surface area contributed by atoms with Crippen LogP contribution in [0.2, 0.25) is 5.02 Å². The fourth-order valence-corrected chi connectivity index (χ4v) is 3.93. The van der Waals surface area contributed by atoms with Crippen molar-refractivity contribution in [1.29, 1.82) is 0 Å². The monoisotopic (exact) mass is 539 g/mol. The zero-order valence-corrected chi connectivity index (χ0v) is 22.0.